The average molecular weight is 1570 g/mol. The minimum atomic E-state index is -3.61. The van der Waals surface area contributed by atoms with Crippen LogP contribution in [0.4, 0.5) is 0 Å². The molecule has 3 aromatic heterocycles. The molecule has 3 heterocycles. The summed E-state index contributed by atoms with van der Waals surface area (Å²) in [6.45, 7) is 9.55. The van der Waals surface area contributed by atoms with Gasteiger partial charge in [-0.3, -0.25) is 4.79 Å². The Morgan fingerprint density at radius 3 is 1.46 bits per heavy atom. The molecule has 0 bridgehead atoms. The van der Waals surface area contributed by atoms with Crippen molar-refractivity contribution >= 4 is 134 Å². The van der Waals surface area contributed by atoms with Crippen molar-refractivity contribution in [3.05, 3.63) is 228 Å². The molecule has 0 fully saturated rings. The normalized spacial score (nSPS) is 10.9. The smallest absolute Gasteiger partial charge is 0.306 e. The van der Waals surface area contributed by atoms with Gasteiger partial charge >= 0.3 is 5.97 Å². The number of rotatable bonds is 23. The first kappa shape index (κ1) is 77.4. The van der Waals surface area contributed by atoms with Crippen molar-refractivity contribution in [2.24, 2.45) is 11.7 Å². The first-order valence-electron chi connectivity index (χ1n) is 29.6. The number of carbonyl (C=O) groups is 1. The minimum Gasteiger partial charge on any atom is -0.497 e. The summed E-state index contributed by atoms with van der Waals surface area (Å²) in [6.07, 6.45) is 5.97. The second kappa shape index (κ2) is 41.5. The highest BCUT2D eigenvalue weighted by Crippen LogP contribution is 2.39. The number of ether oxygens (including phenoxy) is 5. The van der Waals surface area contributed by atoms with Gasteiger partial charge in [-0.1, -0.05) is 175 Å². The molecular weight excluding hydrogens is 1490 g/mol. The molecule has 92 heavy (non-hydrogen) atoms. The molecule has 0 spiro atoms. The van der Waals surface area contributed by atoms with E-state index in [0.717, 1.165) is 90.3 Å². The number of thioether (sulfide) groups is 1. The van der Waals surface area contributed by atoms with E-state index in [4.69, 9.17) is 29.4 Å². The van der Waals surface area contributed by atoms with Crippen LogP contribution in [0.3, 0.4) is 0 Å². The van der Waals surface area contributed by atoms with Crippen LogP contribution in [-0.4, -0.2) is 55.2 Å². The summed E-state index contributed by atoms with van der Waals surface area (Å²) in [7, 11) is 2.96. The van der Waals surface area contributed by atoms with E-state index in [2.05, 4.69) is 160 Å². The van der Waals surface area contributed by atoms with E-state index in [9.17, 15) is 13.2 Å². The second-order valence-corrected chi connectivity index (χ2v) is 31.5. The molecule has 0 saturated carbocycles. The summed E-state index contributed by atoms with van der Waals surface area (Å²) in [6, 6.07) is 65.7. The average Bonchev–Trinajstić information content (AvgIpc) is 1.30. The predicted octanol–water partition coefficient (Wildman–Crippen LogP) is 22.8. The Bertz CT molecular complexity index is 3890. The first-order valence-corrected chi connectivity index (χ1v) is 37.7. The fraction of sp³-hybridized carbons (Fsp3) is 0.247. The maximum absolute atomic E-state index is 12.9. The molecule has 7 aromatic carbocycles. The van der Waals surface area contributed by atoms with Crippen molar-refractivity contribution < 1.29 is 36.9 Å². The SMILES string of the molecule is CCCC(CC)COC(=O)CCSc1cc(OC)cc(-c2ccccc2)c1.CCc1ccc(Br)s1.CCc1ccc(Sc2cc(OC)cc(-c3ccccc3)c2)s1.COc1cc(-c2ccccc2)cc(S(=O)(=O)c2ccc(CN)s2)c1.COc1cc(Br)cc(Br)c1.Cl. The number of benzene rings is 7. The van der Waals surface area contributed by atoms with E-state index >= 15 is 0 Å². The van der Waals surface area contributed by atoms with Gasteiger partial charge in [-0.15, -0.1) is 58.2 Å². The third-order valence-electron chi connectivity index (χ3n) is 13.7. The summed E-state index contributed by atoms with van der Waals surface area (Å²) >= 11 is 18.4. The standard InChI is InChI=1S/C23H30O3S.C19H18OS2.C18H17NO3S2.C7H6Br2O.C6H7BrS.ClH/c1-4-9-18(5-2)17-26-23(24)12-13-27-22-15-20(14-21(16-22)25-3)19-10-7-6-8-11-19;1-3-17-9-10-19(21-17)22-18-12-15(11-16(13-18)20-2)14-7-5-4-6-8-14;1-22-15-9-14(13-5-3-2-4-6-13)10-17(11-15)24(20,21)18-8-7-16(12-19)23-18;1-10-7-3-5(8)2-6(9)4-7;1-2-5-3-4-6(7)8-5;/h6-8,10-11,14-16,18H,4-5,9,12-13,17H2,1-3H3;4-13H,3H2,1-2H3;2-11H,12,19H2,1H3;2-4H,1H3;3-4H,2H2,1H3;1H. The van der Waals surface area contributed by atoms with E-state index in [0.29, 0.717) is 37.0 Å². The molecule has 1 atom stereocenters. The van der Waals surface area contributed by atoms with Crippen molar-refractivity contribution in [3.63, 3.8) is 0 Å². The number of sulfone groups is 1. The lowest BCUT2D eigenvalue weighted by molar-refractivity contribution is -0.144. The monoisotopic (exact) mass is 1560 g/mol. The van der Waals surface area contributed by atoms with Crippen molar-refractivity contribution in [2.75, 3.05) is 40.8 Å². The van der Waals surface area contributed by atoms with Crippen LogP contribution in [0.5, 0.6) is 23.0 Å². The van der Waals surface area contributed by atoms with Gasteiger partial charge in [0, 0.05) is 45.7 Å². The zero-order valence-electron chi connectivity index (χ0n) is 52.8. The number of hydrogen-bond donors (Lipinski definition) is 1. The van der Waals surface area contributed by atoms with Gasteiger partial charge in [-0.2, -0.15) is 0 Å². The van der Waals surface area contributed by atoms with Crippen LogP contribution in [0.2, 0.25) is 0 Å². The minimum absolute atomic E-state index is 0. The molecule has 0 aliphatic rings. The highest BCUT2D eigenvalue weighted by Gasteiger charge is 2.22. The number of esters is 1. The predicted molar refractivity (Wildman–Crippen MR) is 403 cm³/mol. The highest BCUT2D eigenvalue weighted by molar-refractivity contribution is 9.11. The highest BCUT2D eigenvalue weighted by atomic mass is 79.9. The lowest BCUT2D eigenvalue weighted by Crippen LogP contribution is -2.14. The Kier molecular flexibility index (Phi) is 34.9. The van der Waals surface area contributed by atoms with Crippen molar-refractivity contribution in [1.29, 1.82) is 0 Å². The van der Waals surface area contributed by atoms with Crippen molar-refractivity contribution in [1.82, 2.24) is 0 Å². The fourth-order valence-electron chi connectivity index (χ4n) is 8.74. The maximum atomic E-state index is 12.9. The van der Waals surface area contributed by atoms with Crippen LogP contribution in [0.25, 0.3) is 33.4 Å². The van der Waals surface area contributed by atoms with Gasteiger partial charge in [0.2, 0.25) is 9.84 Å². The van der Waals surface area contributed by atoms with E-state index in [1.165, 1.54) is 52.2 Å². The molecule has 2 N–H and O–H groups in total. The third kappa shape index (κ3) is 25.8. The molecule has 488 valence electrons. The Hall–Kier alpha value is -5.35. The quantitative estimate of drug-likeness (QED) is 0.0486. The molecule has 0 aliphatic heterocycles. The van der Waals surface area contributed by atoms with Gasteiger partial charge in [0.25, 0.3) is 0 Å². The van der Waals surface area contributed by atoms with Gasteiger partial charge < -0.3 is 29.4 Å². The van der Waals surface area contributed by atoms with E-state index < -0.39 is 9.84 Å². The second-order valence-electron chi connectivity index (χ2n) is 20.1. The summed E-state index contributed by atoms with van der Waals surface area (Å²) in [4.78, 5) is 18.2. The number of thiophene rings is 3. The zero-order chi connectivity index (χ0) is 65.5. The summed E-state index contributed by atoms with van der Waals surface area (Å²) in [5.74, 6) is 4.15. The number of aryl methyl sites for hydroxylation is 2. The van der Waals surface area contributed by atoms with Gasteiger partial charge in [-0.05, 0) is 184 Å². The van der Waals surface area contributed by atoms with Crippen LogP contribution >= 0.6 is 118 Å². The van der Waals surface area contributed by atoms with E-state index in [-0.39, 0.29) is 27.5 Å². The van der Waals surface area contributed by atoms with Crippen LogP contribution in [0.15, 0.2) is 236 Å². The number of methoxy groups -OCH3 is 4. The lowest BCUT2D eigenvalue weighted by Gasteiger charge is -2.14. The maximum Gasteiger partial charge on any atom is 0.306 e. The van der Waals surface area contributed by atoms with Gasteiger partial charge in [0.1, 0.15) is 27.2 Å². The van der Waals surface area contributed by atoms with Gasteiger partial charge in [0.05, 0.1) is 54.4 Å². The number of carbonyl (C=O) groups excluding carboxylic acids is 1. The molecule has 0 aliphatic carbocycles. The molecule has 9 nitrogen and oxygen atoms in total. The molecule has 10 aromatic rings. The molecule has 0 amide bonds. The molecule has 1 unspecified atom stereocenters. The summed E-state index contributed by atoms with van der Waals surface area (Å²) in [5, 5.41) is 0. The zero-order valence-corrected chi connectivity index (χ0v) is 63.3. The largest absolute Gasteiger partial charge is 0.497 e. The summed E-state index contributed by atoms with van der Waals surface area (Å²) in [5.41, 5.74) is 12.0. The van der Waals surface area contributed by atoms with Crippen LogP contribution < -0.4 is 24.7 Å². The third-order valence-corrected chi connectivity index (χ3v) is 23.0. The van der Waals surface area contributed by atoms with Gasteiger partial charge in [-0.25, -0.2) is 8.42 Å². The lowest BCUT2D eigenvalue weighted by atomic mass is 10.0. The first-order chi connectivity index (χ1) is 44.0. The topological polar surface area (TPSA) is 123 Å². The molecule has 19 heteroatoms. The Morgan fingerprint density at radius 2 is 1.00 bits per heavy atom. The Labute approximate surface area is 597 Å². The Morgan fingerprint density at radius 1 is 0.522 bits per heavy atom. The molecular formula is C73H79Br3ClNO8S6. The van der Waals surface area contributed by atoms with Crippen LogP contribution in [-0.2, 0) is 38.8 Å². The van der Waals surface area contributed by atoms with E-state index in [1.807, 2.05) is 102 Å². The number of halogens is 4. The molecule has 0 radical (unpaired) electrons. The van der Waals surface area contributed by atoms with Crippen molar-refractivity contribution in [2.45, 2.75) is 95.9 Å². The number of hydrogen-bond acceptors (Lipinski definition) is 14. The fourth-order valence-corrected chi connectivity index (χ4v) is 17.2. The Balaban J connectivity index is 0.000000220. The molecule has 0 saturated heterocycles. The van der Waals surface area contributed by atoms with Crippen molar-refractivity contribution in [3.8, 4) is 56.4 Å². The van der Waals surface area contributed by atoms with E-state index in [1.54, 1.807) is 80.5 Å². The van der Waals surface area contributed by atoms with Gasteiger partial charge in [0.15, 0.2) is 0 Å². The van der Waals surface area contributed by atoms with Crippen LogP contribution in [0, 0.1) is 5.92 Å². The van der Waals surface area contributed by atoms with Crippen LogP contribution in [0.1, 0.15) is 68.0 Å². The summed E-state index contributed by atoms with van der Waals surface area (Å²) < 4.78 is 57.4. The number of nitrogens with two attached hydrogens (primary N) is 1. The molecule has 10 rings (SSSR count).